The minimum atomic E-state index is -1.45. The van der Waals surface area contributed by atoms with E-state index in [1.807, 2.05) is 19.1 Å². The number of carbonyl (C=O) groups is 2. The van der Waals surface area contributed by atoms with E-state index < -0.39 is 10.8 Å². The third kappa shape index (κ3) is 3.28. The molecule has 3 nitrogen and oxygen atoms in total. The van der Waals surface area contributed by atoms with Crippen molar-refractivity contribution in [3.05, 3.63) is 94.0 Å². The lowest BCUT2D eigenvalue weighted by molar-refractivity contribution is 0.0979. The van der Waals surface area contributed by atoms with E-state index in [4.69, 9.17) is 0 Å². The van der Waals surface area contributed by atoms with E-state index in [0.29, 0.717) is 27.1 Å². The molecule has 0 fully saturated rings. The fraction of sp³-hybridized carbons (Fsp3) is 0.200. The molecule has 1 aliphatic rings. The van der Waals surface area contributed by atoms with Crippen LogP contribution in [0.1, 0.15) is 63.7 Å². The summed E-state index contributed by atoms with van der Waals surface area (Å²) in [5.41, 5.74) is 3.49. The van der Waals surface area contributed by atoms with Crippen LogP contribution in [-0.4, -0.2) is 15.8 Å². The molecule has 4 heteroatoms. The van der Waals surface area contributed by atoms with Gasteiger partial charge in [0.15, 0.2) is 11.6 Å². The lowest BCUT2D eigenvalue weighted by atomic mass is 9.84. The van der Waals surface area contributed by atoms with Crippen molar-refractivity contribution >= 4 is 22.4 Å². The molecule has 1 unspecified atom stereocenters. The van der Waals surface area contributed by atoms with Gasteiger partial charge < -0.3 is 0 Å². The Morgan fingerprint density at radius 3 is 1.93 bits per heavy atom. The van der Waals surface area contributed by atoms with Crippen molar-refractivity contribution in [1.29, 1.82) is 0 Å². The van der Waals surface area contributed by atoms with Gasteiger partial charge in [0.2, 0.25) is 0 Å². The molecule has 0 spiro atoms. The van der Waals surface area contributed by atoms with Crippen LogP contribution in [0.2, 0.25) is 0 Å². The Hall–Kier alpha value is -2.85. The molecule has 29 heavy (non-hydrogen) atoms. The van der Waals surface area contributed by atoms with Gasteiger partial charge in [-0.3, -0.25) is 9.59 Å². The molecule has 0 saturated carbocycles. The third-order valence-electron chi connectivity index (χ3n) is 5.36. The van der Waals surface area contributed by atoms with Gasteiger partial charge in [0, 0.05) is 32.0 Å². The highest BCUT2D eigenvalue weighted by molar-refractivity contribution is 7.85. The minimum absolute atomic E-state index is 0.0609. The van der Waals surface area contributed by atoms with Crippen LogP contribution in [0.25, 0.3) is 0 Å². The topological polar surface area (TPSA) is 51.2 Å². The van der Waals surface area contributed by atoms with Crippen molar-refractivity contribution < 1.29 is 13.8 Å². The van der Waals surface area contributed by atoms with E-state index in [9.17, 15) is 13.8 Å². The highest BCUT2D eigenvalue weighted by atomic mass is 32.2. The zero-order valence-corrected chi connectivity index (χ0v) is 17.7. The fourth-order valence-electron chi connectivity index (χ4n) is 3.59. The summed E-state index contributed by atoms with van der Waals surface area (Å²) >= 11 is 0. The van der Waals surface area contributed by atoms with E-state index in [2.05, 4.69) is 26.8 Å². The average Bonchev–Trinajstić information content (AvgIpc) is 2.70. The molecule has 3 aromatic carbocycles. The van der Waals surface area contributed by atoms with Gasteiger partial charge in [-0.15, -0.1) is 0 Å². The predicted molar refractivity (Wildman–Crippen MR) is 114 cm³/mol. The first kappa shape index (κ1) is 19.5. The van der Waals surface area contributed by atoms with Gasteiger partial charge in [-0.25, -0.2) is 4.21 Å². The molecule has 0 bridgehead atoms. The Kier molecular flexibility index (Phi) is 4.62. The van der Waals surface area contributed by atoms with Gasteiger partial charge in [-0.05, 0) is 47.7 Å². The Bertz CT molecular complexity index is 1200. The van der Waals surface area contributed by atoms with Crippen LogP contribution in [0, 0.1) is 6.92 Å². The van der Waals surface area contributed by atoms with E-state index in [0.717, 1.165) is 16.0 Å². The molecule has 1 aliphatic carbocycles. The summed E-state index contributed by atoms with van der Waals surface area (Å²) < 4.78 is 13.4. The van der Waals surface area contributed by atoms with Crippen LogP contribution < -0.4 is 0 Å². The number of hydrogen-bond acceptors (Lipinski definition) is 3. The summed E-state index contributed by atoms with van der Waals surface area (Å²) in [6, 6.07) is 17.8. The smallest absolute Gasteiger partial charge is 0.194 e. The molecule has 3 aromatic rings. The van der Waals surface area contributed by atoms with Gasteiger partial charge in [-0.2, -0.15) is 0 Å². The fourth-order valence-corrected chi connectivity index (χ4v) is 4.85. The van der Waals surface area contributed by atoms with E-state index in [-0.39, 0.29) is 17.0 Å². The first-order chi connectivity index (χ1) is 13.7. The lowest BCUT2D eigenvalue weighted by Crippen LogP contribution is -2.21. The van der Waals surface area contributed by atoms with Gasteiger partial charge >= 0.3 is 0 Å². The molecule has 0 amide bonds. The second kappa shape index (κ2) is 6.89. The van der Waals surface area contributed by atoms with Crippen LogP contribution in [0.4, 0.5) is 0 Å². The second-order valence-electron chi connectivity index (χ2n) is 8.41. The highest BCUT2D eigenvalue weighted by Crippen LogP contribution is 2.31. The Morgan fingerprint density at radius 1 is 0.724 bits per heavy atom. The van der Waals surface area contributed by atoms with Crippen molar-refractivity contribution in [2.24, 2.45) is 0 Å². The van der Waals surface area contributed by atoms with Crippen molar-refractivity contribution in [2.45, 2.75) is 42.9 Å². The monoisotopic (exact) mass is 402 g/mol. The van der Waals surface area contributed by atoms with Gasteiger partial charge in [0.25, 0.3) is 0 Å². The summed E-state index contributed by atoms with van der Waals surface area (Å²) in [6.45, 7) is 8.28. The first-order valence-electron chi connectivity index (χ1n) is 9.54. The lowest BCUT2D eigenvalue weighted by Gasteiger charge is -2.21. The minimum Gasteiger partial charge on any atom is -0.289 e. The van der Waals surface area contributed by atoms with Crippen molar-refractivity contribution in [1.82, 2.24) is 0 Å². The zero-order chi connectivity index (χ0) is 20.9. The standard InChI is InChI=1S/C25H22O3S/c1-15-9-10-16(25(2,3)4)13-22(15)29(28)17-11-12-20-21(14-17)24(27)19-8-6-5-7-18(19)23(20)26/h5-14H,1-4H3. The van der Waals surface area contributed by atoms with Crippen molar-refractivity contribution in [2.75, 3.05) is 0 Å². The third-order valence-corrected chi connectivity index (χ3v) is 6.89. The molecule has 0 saturated heterocycles. The summed E-state index contributed by atoms with van der Waals surface area (Å²) in [5.74, 6) is -0.368. The number of benzene rings is 3. The Balaban J connectivity index is 1.80. The van der Waals surface area contributed by atoms with Crippen molar-refractivity contribution in [3.8, 4) is 0 Å². The predicted octanol–water partition coefficient (Wildman–Crippen LogP) is 5.23. The number of hydrogen-bond donors (Lipinski definition) is 0. The van der Waals surface area contributed by atoms with Crippen molar-refractivity contribution in [3.63, 3.8) is 0 Å². The quantitative estimate of drug-likeness (QED) is 0.461. The van der Waals surface area contributed by atoms with Crippen LogP contribution in [0.5, 0.6) is 0 Å². The maximum Gasteiger partial charge on any atom is 0.194 e. The summed E-state index contributed by atoms with van der Waals surface area (Å²) in [5, 5.41) is 0. The van der Waals surface area contributed by atoms with E-state index >= 15 is 0 Å². The molecule has 0 radical (unpaired) electrons. The number of carbonyl (C=O) groups excluding carboxylic acids is 2. The van der Waals surface area contributed by atoms with E-state index in [1.54, 1.807) is 42.5 Å². The molecule has 4 rings (SSSR count). The molecule has 0 aromatic heterocycles. The molecule has 0 heterocycles. The molecular weight excluding hydrogens is 380 g/mol. The SMILES string of the molecule is Cc1ccc(C(C)(C)C)cc1S(=O)c1ccc2c(c1)C(=O)c1ccccc1C2=O. The van der Waals surface area contributed by atoms with Crippen LogP contribution in [0.3, 0.4) is 0 Å². The Morgan fingerprint density at radius 2 is 1.31 bits per heavy atom. The molecule has 0 N–H and O–H groups in total. The zero-order valence-electron chi connectivity index (χ0n) is 16.9. The molecular formula is C25H22O3S. The molecule has 0 aliphatic heterocycles. The summed E-state index contributed by atoms with van der Waals surface area (Å²) in [4.78, 5) is 27.0. The maximum atomic E-state index is 13.4. The average molecular weight is 403 g/mol. The first-order valence-corrected chi connectivity index (χ1v) is 10.7. The van der Waals surface area contributed by atoms with Gasteiger partial charge in [0.05, 0.1) is 10.8 Å². The number of ketones is 2. The highest BCUT2D eigenvalue weighted by Gasteiger charge is 2.30. The van der Waals surface area contributed by atoms with E-state index in [1.165, 1.54) is 0 Å². The maximum absolute atomic E-state index is 13.4. The molecule has 1 atom stereocenters. The second-order valence-corrected chi connectivity index (χ2v) is 9.86. The Labute approximate surface area is 173 Å². The van der Waals surface area contributed by atoms with Gasteiger partial charge in [0.1, 0.15) is 0 Å². The molecule has 146 valence electrons. The number of aryl methyl sites for hydroxylation is 1. The van der Waals surface area contributed by atoms with Crippen LogP contribution in [-0.2, 0) is 16.2 Å². The summed E-state index contributed by atoms with van der Waals surface area (Å²) in [6.07, 6.45) is 0. The van der Waals surface area contributed by atoms with Crippen LogP contribution >= 0.6 is 0 Å². The summed E-state index contributed by atoms with van der Waals surface area (Å²) in [7, 11) is -1.45. The number of rotatable bonds is 2. The van der Waals surface area contributed by atoms with Crippen LogP contribution in [0.15, 0.2) is 70.5 Å². The van der Waals surface area contributed by atoms with Gasteiger partial charge in [-0.1, -0.05) is 57.2 Å². The number of fused-ring (bicyclic) bond motifs is 2. The largest absolute Gasteiger partial charge is 0.289 e. The normalized spacial score (nSPS) is 14.3.